The van der Waals surface area contributed by atoms with E-state index in [-0.39, 0.29) is 29.8 Å². The lowest BCUT2D eigenvalue weighted by Crippen LogP contribution is -2.31. The minimum Gasteiger partial charge on any atom is -0.452 e. The SMILES string of the molecule is C=CCNC(=O)COC(=O)c1ccc2c(c1)C(=O)N(CCCOC)C2=O. The number of benzene rings is 1. The summed E-state index contributed by atoms with van der Waals surface area (Å²) >= 11 is 0. The Morgan fingerprint density at radius 1 is 1.23 bits per heavy atom. The molecule has 26 heavy (non-hydrogen) atoms. The third-order valence-corrected chi connectivity index (χ3v) is 3.71. The smallest absolute Gasteiger partial charge is 0.338 e. The number of methoxy groups -OCH3 is 1. The lowest BCUT2D eigenvalue weighted by Gasteiger charge is -2.12. The molecule has 1 heterocycles. The summed E-state index contributed by atoms with van der Waals surface area (Å²) in [6, 6.07) is 4.13. The van der Waals surface area contributed by atoms with E-state index in [2.05, 4.69) is 11.9 Å². The zero-order valence-electron chi connectivity index (χ0n) is 14.4. The second-order valence-corrected chi connectivity index (χ2v) is 5.54. The largest absolute Gasteiger partial charge is 0.452 e. The summed E-state index contributed by atoms with van der Waals surface area (Å²) < 4.78 is 9.83. The van der Waals surface area contributed by atoms with Crippen LogP contribution in [0, 0.1) is 0 Å². The van der Waals surface area contributed by atoms with E-state index in [1.165, 1.54) is 31.4 Å². The molecule has 0 bridgehead atoms. The van der Waals surface area contributed by atoms with Gasteiger partial charge in [0, 0.05) is 26.8 Å². The van der Waals surface area contributed by atoms with Crippen molar-refractivity contribution in [2.24, 2.45) is 0 Å². The number of fused-ring (bicyclic) bond motifs is 1. The van der Waals surface area contributed by atoms with E-state index in [0.717, 1.165) is 4.90 Å². The summed E-state index contributed by atoms with van der Waals surface area (Å²) in [4.78, 5) is 49.3. The summed E-state index contributed by atoms with van der Waals surface area (Å²) in [6.07, 6.45) is 2.03. The van der Waals surface area contributed by atoms with Gasteiger partial charge in [-0.2, -0.15) is 0 Å². The highest BCUT2D eigenvalue weighted by Crippen LogP contribution is 2.24. The Bertz CT molecular complexity index is 743. The minimum absolute atomic E-state index is 0.0974. The first kappa shape index (κ1) is 19.3. The van der Waals surface area contributed by atoms with Gasteiger partial charge >= 0.3 is 5.97 Å². The third-order valence-electron chi connectivity index (χ3n) is 3.71. The van der Waals surface area contributed by atoms with Crippen molar-refractivity contribution in [3.05, 3.63) is 47.5 Å². The molecule has 0 saturated carbocycles. The zero-order valence-corrected chi connectivity index (χ0v) is 14.4. The molecule has 0 spiro atoms. The lowest BCUT2D eigenvalue weighted by atomic mass is 10.1. The van der Waals surface area contributed by atoms with Crippen molar-refractivity contribution in [1.82, 2.24) is 10.2 Å². The highest BCUT2D eigenvalue weighted by atomic mass is 16.5. The summed E-state index contributed by atoms with van der Waals surface area (Å²) in [5, 5.41) is 2.47. The predicted molar refractivity (Wildman–Crippen MR) is 91.8 cm³/mol. The van der Waals surface area contributed by atoms with Crippen molar-refractivity contribution in [3.8, 4) is 0 Å². The monoisotopic (exact) mass is 360 g/mol. The van der Waals surface area contributed by atoms with Crippen molar-refractivity contribution in [2.75, 3.05) is 33.4 Å². The maximum atomic E-state index is 12.4. The standard InChI is InChI=1S/C18H20N2O6/c1-3-7-19-15(21)11-26-18(24)12-5-6-13-14(10-12)17(23)20(16(13)22)8-4-9-25-2/h3,5-6,10H,1,4,7-9,11H2,2H3,(H,19,21). The number of ether oxygens (including phenoxy) is 2. The molecule has 0 aromatic heterocycles. The van der Waals surface area contributed by atoms with E-state index in [1.807, 2.05) is 0 Å². The van der Waals surface area contributed by atoms with Crippen molar-refractivity contribution in [1.29, 1.82) is 0 Å². The molecule has 1 aromatic carbocycles. The zero-order chi connectivity index (χ0) is 19.1. The van der Waals surface area contributed by atoms with Gasteiger partial charge in [-0.25, -0.2) is 4.79 Å². The molecule has 1 aromatic rings. The normalized spacial score (nSPS) is 12.7. The number of imide groups is 1. The minimum atomic E-state index is -0.750. The quantitative estimate of drug-likeness (QED) is 0.302. The van der Waals surface area contributed by atoms with E-state index in [1.54, 1.807) is 0 Å². The predicted octanol–water partition coefficient (Wildman–Crippen LogP) is 0.778. The molecule has 1 aliphatic rings. The van der Waals surface area contributed by atoms with Gasteiger partial charge in [-0.1, -0.05) is 6.08 Å². The average Bonchev–Trinajstić information content (AvgIpc) is 2.88. The summed E-state index contributed by atoms with van der Waals surface area (Å²) in [5.41, 5.74) is 0.492. The van der Waals surface area contributed by atoms with Crippen molar-refractivity contribution >= 4 is 23.7 Å². The van der Waals surface area contributed by atoms with Crippen molar-refractivity contribution in [2.45, 2.75) is 6.42 Å². The molecule has 1 N–H and O–H groups in total. The van der Waals surface area contributed by atoms with Gasteiger partial charge in [0.2, 0.25) is 0 Å². The summed E-state index contributed by atoms with van der Waals surface area (Å²) in [7, 11) is 1.54. The number of hydrogen-bond acceptors (Lipinski definition) is 6. The first-order chi connectivity index (χ1) is 12.5. The van der Waals surface area contributed by atoms with Crippen molar-refractivity contribution < 1.29 is 28.7 Å². The number of rotatable bonds is 9. The molecule has 0 saturated heterocycles. The average molecular weight is 360 g/mol. The lowest BCUT2D eigenvalue weighted by molar-refractivity contribution is -0.124. The van der Waals surface area contributed by atoms with Crippen LogP contribution in [0.15, 0.2) is 30.9 Å². The second-order valence-electron chi connectivity index (χ2n) is 5.54. The second kappa shape index (κ2) is 8.91. The van der Waals surface area contributed by atoms with Gasteiger partial charge in [0.25, 0.3) is 17.7 Å². The van der Waals surface area contributed by atoms with Crippen LogP contribution in [0.4, 0.5) is 0 Å². The molecule has 138 valence electrons. The fraction of sp³-hybridized carbons (Fsp3) is 0.333. The maximum Gasteiger partial charge on any atom is 0.338 e. The van der Waals surface area contributed by atoms with Gasteiger partial charge in [0.1, 0.15) is 0 Å². The first-order valence-electron chi connectivity index (χ1n) is 8.03. The Morgan fingerprint density at radius 2 is 1.96 bits per heavy atom. The third kappa shape index (κ3) is 4.34. The van der Waals surface area contributed by atoms with Gasteiger partial charge in [0.15, 0.2) is 6.61 Å². The Kier molecular flexibility index (Phi) is 6.62. The molecule has 0 atom stereocenters. The number of esters is 1. The highest BCUT2D eigenvalue weighted by Gasteiger charge is 2.35. The maximum absolute atomic E-state index is 12.4. The van der Waals surface area contributed by atoms with Crippen LogP contribution in [-0.4, -0.2) is 62.0 Å². The van der Waals surface area contributed by atoms with Crippen LogP contribution < -0.4 is 5.32 Å². The Morgan fingerprint density at radius 3 is 2.65 bits per heavy atom. The number of nitrogens with one attached hydrogen (secondary N) is 1. The molecule has 0 unspecified atom stereocenters. The van der Waals surface area contributed by atoms with Gasteiger partial charge in [0.05, 0.1) is 16.7 Å². The van der Waals surface area contributed by atoms with Gasteiger partial charge in [-0.05, 0) is 24.6 Å². The Balaban J connectivity index is 2.04. The fourth-order valence-corrected chi connectivity index (χ4v) is 2.44. The van der Waals surface area contributed by atoms with E-state index in [9.17, 15) is 19.2 Å². The summed E-state index contributed by atoms with van der Waals surface area (Å²) in [5.74, 6) is -2.07. The Labute approximate surface area is 150 Å². The van der Waals surface area contributed by atoms with Gasteiger partial charge < -0.3 is 14.8 Å². The van der Waals surface area contributed by atoms with Gasteiger partial charge in [-0.3, -0.25) is 19.3 Å². The number of carbonyl (C=O) groups is 4. The van der Waals surface area contributed by atoms with Gasteiger partial charge in [-0.15, -0.1) is 6.58 Å². The van der Waals surface area contributed by atoms with Crippen molar-refractivity contribution in [3.63, 3.8) is 0 Å². The van der Waals surface area contributed by atoms with Crippen LogP contribution in [-0.2, 0) is 14.3 Å². The number of hydrogen-bond donors (Lipinski definition) is 1. The van der Waals surface area contributed by atoms with E-state index in [0.29, 0.717) is 13.0 Å². The Hall–Kier alpha value is -3.00. The van der Waals surface area contributed by atoms with Crippen LogP contribution in [0.25, 0.3) is 0 Å². The van der Waals surface area contributed by atoms with E-state index in [4.69, 9.17) is 9.47 Å². The molecule has 1 aliphatic heterocycles. The first-order valence-corrected chi connectivity index (χ1v) is 8.03. The molecule has 8 heteroatoms. The van der Waals surface area contributed by atoms with Crippen LogP contribution in [0.3, 0.4) is 0 Å². The highest BCUT2D eigenvalue weighted by molar-refractivity contribution is 6.21. The molecule has 2 rings (SSSR count). The van der Waals surface area contributed by atoms with Crippen LogP contribution in [0.2, 0.25) is 0 Å². The topological polar surface area (TPSA) is 102 Å². The molecular weight excluding hydrogens is 340 g/mol. The van der Waals surface area contributed by atoms with E-state index < -0.39 is 30.3 Å². The number of nitrogens with zero attached hydrogens (tertiary/aromatic N) is 1. The molecular formula is C18H20N2O6. The molecule has 0 radical (unpaired) electrons. The van der Waals surface area contributed by atoms with Crippen LogP contribution >= 0.6 is 0 Å². The fourth-order valence-electron chi connectivity index (χ4n) is 2.44. The molecule has 8 nitrogen and oxygen atoms in total. The molecule has 0 aliphatic carbocycles. The van der Waals surface area contributed by atoms with Crippen LogP contribution in [0.5, 0.6) is 0 Å². The van der Waals surface area contributed by atoms with E-state index >= 15 is 0 Å². The van der Waals surface area contributed by atoms with Crippen LogP contribution in [0.1, 0.15) is 37.5 Å². The number of carbonyl (C=O) groups excluding carboxylic acids is 4. The number of amides is 3. The molecule has 0 fully saturated rings. The summed E-state index contributed by atoms with van der Waals surface area (Å²) in [6.45, 7) is 3.95. The molecule has 3 amide bonds.